The number of esters is 2. The van der Waals surface area contributed by atoms with Crippen LogP contribution in [0, 0.1) is 10.8 Å². The molecule has 0 amide bonds. The van der Waals surface area contributed by atoms with Crippen molar-refractivity contribution in [1.82, 2.24) is 39.0 Å². The lowest BCUT2D eigenvalue weighted by Crippen LogP contribution is -2.35. The first kappa shape index (κ1) is 44.5. The minimum Gasteiger partial charge on any atom is -0.454 e. The monoisotopic (exact) mass is 920 g/mol. The van der Waals surface area contributed by atoms with Gasteiger partial charge in [-0.25, -0.2) is 43.4 Å². The molecule has 7 heterocycles. The first-order chi connectivity index (χ1) is 28.2. The summed E-state index contributed by atoms with van der Waals surface area (Å²) in [6, 6.07) is 0. The average molecular weight is 921 g/mol. The van der Waals surface area contributed by atoms with Gasteiger partial charge in [0.15, 0.2) is 41.6 Å². The molecule has 7 rings (SSSR count). The molecule has 28 heteroatoms. The minimum atomic E-state index is -4.64. The fourth-order valence-corrected chi connectivity index (χ4v) is 11.6. The molecule has 328 valence electrons. The van der Waals surface area contributed by atoms with Crippen molar-refractivity contribution in [3.63, 3.8) is 0 Å². The summed E-state index contributed by atoms with van der Waals surface area (Å²) >= 11 is 0.880. The number of aliphatic hydroxyl groups excluding tert-OH is 1. The second kappa shape index (κ2) is 17.0. The molecule has 5 N–H and O–H groups in total. The molecule has 10 atom stereocenters. The Morgan fingerprint density at radius 1 is 0.767 bits per heavy atom. The van der Waals surface area contributed by atoms with Gasteiger partial charge in [0.1, 0.15) is 66.1 Å². The number of halogens is 1. The van der Waals surface area contributed by atoms with Gasteiger partial charge < -0.3 is 35.5 Å². The maximum atomic E-state index is 16.9. The van der Waals surface area contributed by atoms with Crippen LogP contribution in [-0.2, 0) is 55.8 Å². The van der Waals surface area contributed by atoms with E-state index >= 15 is 4.39 Å². The fraction of sp³-hybridized carbons (Fsp3) is 0.625. The van der Waals surface area contributed by atoms with Crippen LogP contribution in [0.15, 0.2) is 25.3 Å². The first-order valence-electron chi connectivity index (χ1n) is 18.2. The molecule has 3 saturated heterocycles. The number of anilines is 2. The maximum absolute atomic E-state index is 16.9. The highest BCUT2D eigenvalue weighted by atomic mass is 32.7. The van der Waals surface area contributed by atoms with Gasteiger partial charge in [0.05, 0.1) is 36.7 Å². The number of nitrogens with zero attached hydrogens (tertiary/aromatic N) is 8. The lowest BCUT2D eigenvalue weighted by Gasteiger charge is -2.28. The number of carbonyl (C=O) groups is 2. The Kier molecular flexibility index (Phi) is 12.6. The van der Waals surface area contributed by atoms with Crippen molar-refractivity contribution < 1.29 is 65.3 Å². The molecule has 3 aliphatic rings. The maximum Gasteiger partial charge on any atom is 0.392 e. The molecule has 4 aromatic heterocycles. The first-order valence-corrected chi connectivity index (χ1v) is 24.4. The molecule has 3 fully saturated rings. The van der Waals surface area contributed by atoms with Crippen LogP contribution in [0.4, 0.5) is 16.0 Å². The quantitative estimate of drug-likeness (QED) is 0.128. The Hall–Kier alpha value is -3.55. The zero-order valence-electron chi connectivity index (χ0n) is 32.9. The Morgan fingerprint density at radius 2 is 1.22 bits per heavy atom. The molecule has 23 nitrogen and oxygen atoms in total. The largest absolute Gasteiger partial charge is 0.454 e. The highest BCUT2D eigenvalue weighted by molar-refractivity contribution is 8.55. The standard InChI is InChI=1S/C32H43FN10O13P2S2/c1-31(2,3)29(45)49-13-59-57(47)51-7-15-20(44)22(28(53-15)43-12-41-19-24(35)37-10-39-26(19)43)56-58(48,60-14-50-30(46)32(4,5)6)52-8-16-21(55-57)17(33)27(54-16)42-11-40-18-23(34)36-9-38-25(18)42/h9-12,15-17,20-22,27-28,44H,7-8,13-14H2,1-6H3,(H2,34,36,38)(H2,35,37,39)/t15-,16-,17+,20?,21?,22+,27-,28-,57?,58?/m1/s1. The van der Waals surface area contributed by atoms with E-state index in [4.69, 9.17) is 48.5 Å². The Morgan fingerprint density at radius 3 is 1.72 bits per heavy atom. The van der Waals surface area contributed by atoms with E-state index in [9.17, 15) is 23.8 Å². The second-order valence-corrected chi connectivity index (χ2v) is 23.7. The summed E-state index contributed by atoms with van der Waals surface area (Å²) in [4.78, 5) is 50.0. The van der Waals surface area contributed by atoms with Crippen LogP contribution in [-0.4, -0.2) is 118 Å². The van der Waals surface area contributed by atoms with E-state index in [2.05, 4.69) is 29.9 Å². The predicted octanol–water partition coefficient (Wildman–Crippen LogP) is 3.92. The topological polar surface area (TPSA) is 302 Å². The summed E-state index contributed by atoms with van der Waals surface area (Å²) in [5, 5.41) is 11.8. The van der Waals surface area contributed by atoms with Crippen molar-refractivity contribution in [3.05, 3.63) is 25.3 Å². The summed E-state index contributed by atoms with van der Waals surface area (Å²) in [6.07, 6.45) is -8.28. The molecular weight excluding hydrogens is 877 g/mol. The normalized spacial score (nSPS) is 31.6. The van der Waals surface area contributed by atoms with Crippen LogP contribution in [0.1, 0.15) is 54.0 Å². The number of ether oxygens (including phenoxy) is 4. The van der Waals surface area contributed by atoms with Crippen LogP contribution >= 0.6 is 36.4 Å². The number of nitrogens with two attached hydrogens (primary N) is 2. The number of nitrogen functional groups attached to an aromatic ring is 2. The zero-order valence-corrected chi connectivity index (χ0v) is 36.3. The fourth-order valence-electron chi connectivity index (χ4n) is 6.03. The van der Waals surface area contributed by atoms with Gasteiger partial charge in [-0.1, -0.05) is 0 Å². The van der Waals surface area contributed by atoms with Gasteiger partial charge in [-0.3, -0.25) is 36.8 Å². The van der Waals surface area contributed by atoms with E-state index in [0.29, 0.717) is 22.8 Å². The summed E-state index contributed by atoms with van der Waals surface area (Å²) in [5.41, 5.74) is 10.7. The number of aliphatic hydroxyl groups is 1. The number of carbonyl (C=O) groups excluding carboxylic acids is 2. The molecule has 0 radical (unpaired) electrons. The third-order valence-electron chi connectivity index (χ3n) is 9.22. The number of hydrogen-bond donors (Lipinski definition) is 3. The van der Waals surface area contributed by atoms with Gasteiger partial charge in [-0.05, 0) is 41.5 Å². The van der Waals surface area contributed by atoms with Crippen molar-refractivity contribution in [2.75, 3.05) is 36.6 Å². The van der Waals surface area contributed by atoms with Crippen LogP contribution in [0.5, 0.6) is 0 Å². The Labute approximate surface area is 349 Å². The number of aromatic nitrogens is 8. The highest BCUT2D eigenvalue weighted by Crippen LogP contribution is 2.66. The summed E-state index contributed by atoms with van der Waals surface area (Å²) in [6.45, 7) is -1.02. The second-order valence-electron chi connectivity index (χ2n) is 15.7. The minimum absolute atomic E-state index is 0.00706. The molecule has 0 spiro atoms. The van der Waals surface area contributed by atoms with E-state index in [1.807, 2.05) is 0 Å². The van der Waals surface area contributed by atoms with Gasteiger partial charge in [0.25, 0.3) is 0 Å². The predicted molar refractivity (Wildman–Crippen MR) is 211 cm³/mol. The number of rotatable bonds is 8. The summed E-state index contributed by atoms with van der Waals surface area (Å²) < 4.78 is 96.1. The van der Waals surface area contributed by atoms with Crippen LogP contribution in [0.2, 0.25) is 0 Å². The number of alkyl halides is 1. The van der Waals surface area contributed by atoms with Crippen LogP contribution in [0.3, 0.4) is 0 Å². The number of fused-ring (bicyclic) bond motifs is 5. The molecule has 0 aromatic carbocycles. The highest BCUT2D eigenvalue weighted by Gasteiger charge is 2.55. The van der Waals surface area contributed by atoms with Crippen molar-refractivity contribution >= 4 is 82.3 Å². The van der Waals surface area contributed by atoms with Gasteiger partial charge in [0, 0.05) is 22.8 Å². The van der Waals surface area contributed by atoms with Gasteiger partial charge in [0.2, 0.25) is 0 Å². The van der Waals surface area contributed by atoms with Crippen molar-refractivity contribution in [2.45, 2.75) is 90.7 Å². The van der Waals surface area contributed by atoms with Crippen molar-refractivity contribution in [2.24, 2.45) is 10.8 Å². The zero-order chi connectivity index (χ0) is 43.4. The number of imidazole rings is 2. The van der Waals surface area contributed by atoms with Gasteiger partial charge in [-0.2, -0.15) is 0 Å². The average Bonchev–Trinajstić information content (AvgIpc) is 3.94. The molecule has 4 aromatic rings. The van der Waals surface area contributed by atoms with Crippen molar-refractivity contribution in [3.8, 4) is 0 Å². The molecule has 0 saturated carbocycles. The van der Waals surface area contributed by atoms with E-state index in [-0.39, 0.29) is 34.0 Å². The smallest absolute Gasteiger partial charge is 0.392 e. The van der Waals surface area contributed by atoms with E-state index in [1.54, 1.807) is 41.5 Å². The lowest BCUT2D eigenvalue weighted by molar-refractivity contribution is -0.151. The van der Waals surface area contributed by atoms with Gasteiger partial charge in [-0.15, -0.1) is 0 Å². The van der Waals surface area contributed by atoms with E-state index < -0.39 is 111 Å². The summed E-state index contributed by atoms with van der Waals surface area (Å²) in [5.74, 6) is -2.35. The van der Waals surface area contributed by atoms with E-state index in [0.717, 1.165) is 6.33 Å². The molecule has 60 heavy (non-hydrogen) atoms. The van der Waals surface area contributed by atoms with Gasteiger partial charge >= 0.3 is 25.5 Å². The van der Waals surface area contributed by atoms with Crippen LogP contribution < -0.4 is 11.5 Å². The molecule has 3 aliphatic heterocycles. The number of hydrogen-bond acceptors (Lipinski definition) is 23. The molecular formula is C32H43FN10O13P2S2. The molecule has 4 unspecified atom stereocenters. The SMILES string of the molecule is CC(C)(C)C(=O)OCSP1(=O)OC[C@H]2O[C@@H](n3cnc4c(N)ncnc43)[C@@H](OP(=O)(SCOC(=O)C(C)(C)C)OC[C@H]3O[C@@H](n4cnc5c(N)ncnc54)[C@@H](F)C3O1)C2O. The Balaban J connectivity index is 1.26. The molecule has 2 bridgehead atoms. The third-order valence-corrected chi connectivity index (χ3v) is 15.9. The Bertz CT molecular complexity index is 2350. The summed E-state index contributed by atoms with van der Waals surface area (Å²) in [7, 11) is 0. The lowest BCUT2D eigenvalue weighted by atomic mass is 9.98. The van der Waals surface area contributed by atoms with Crippen molar-refractivity contribution in [1.29, 1.82) is 0 Å². The van der Waals surface area contributed by atoms with Crippen LogP contribution in [0.25, 0.3) is 22.3 Å². The van der Waals surface area contributed by atoms with E-state index in [1.165, 1.54) is 28.1 Å². The third kappa shape index (κ3) is 9.14. The molecule has 0 aliphatic carbocycles.